The molecule has 0 aromatic carbocycles. The molecule has 0 heterocycles. The van der Waals surface area contributed by atoms with Crippen molar-refractivity contribution < 1.29 is 17.0 Å². The molecule has 18 heavy (non-hydrogen) atoms. The minimum absolute atomic E-state index is 0. The third-order valence-corrected chi connectivity index (χ3v) is 11.7. The van der Waals surface area contributed by atoms with Crippen LogP contribution in [0.1, 0.15) is 81.1 Å². The lowest BCUT2D eigenvalue weighted by atomic mass is 10.2. The van der Waals surface area contributed by atoms with Gasteiger partial charge in [-0.2, -0.15) is 0 Å². The summed E-state index contributed by atoms with van der Waals surface area (Å²) in [5.41, 5.74) is 0. The molecule has 0 amide bonds. The first-order chi connectivity index (χ1) is 7.62. The fourth-order valence-corrected chi connectivity index (χ4v) is 9.95. The van der Waals surface area contributed by atoms with Gasteiger partial charge < -0.3 is 17.0 Å². The number of unbranched alkanes of at least 4 members (excludes halogenated alkanes) is 2. The summed E-state index contributed by atoms with van der Waals surface area (Å²) in [6, 6.07) is 0. The lowest BCUT2D eigenvalue weighted by Gasteiger charge is -2.47. The van der Waals surface area contributed by atoms with E-state index in [1.165, 1.54) is 38.0 Å². The molecule has 0 N–H and O–H groups in total. The molecule has 0 nitrogen and oxygen atoms in total. The summed E-state index contributed by atoms with van der Waals surface area (Å²) < 4.78 is 0. The highest BCUT2D eigenvalue weighted by molar-refractivity contribution is 7.78. The van der Waals surface area contributed by atoms with Crippen LogP contribution in [0.25, 0.3) is 0 Å². The minimum atomic E-state index is -0.897. The van der Waals surface area contributed by atoms with Crippen LogP contribution in [0.4, 0.5) is 0 Å². The van der Waals surface area contributed by atoms with Gasteiger partial charge in [0.15, 0.2) is 0 Å². The monoisotopic (exact) mass is 338 g/mol. The van der Waals surface area contributed by atoms with Crippen molar-refractivity contribution in [3.8, 4) is 0 Å². The van der Waals surface area contributed by atoms with Crippen molar-refractivity contribution in [2.24, 2.45) is 0 Å². The Labute approximate surface area is 128 Å². The molecular weight excluding hydrogens is 303 g/mol. The van der Waals surface area contributed by atoms with E-state index in [9.17, 15) is 0 Å². The van der Waals surface area contributed by atoms with Crippen molar-refractivity contribution in [1.29, 1.82) is 0 Å². The van der Waals surface area contributed by atoms with Crippen LogP contribution in [0.2, 0.25) is 0 Å². The molecule has 0 unspecified atom stereocenters. The number of rotatable bonds is 6. The predicted octanol–water partition coefficient (Wildman–Crippen LogP) is 3.21. The Balaban J connectivity index is 0. The van der Waals surface area contributed by atoms with Crippen molar-refractivity contribution in [2.75, 3.05) is 12.3 Å². The van der Waals surface area contributed by atoms with Gasteiger partial charge in [0.25, 0.3) is 0 Å². The Morgan fingerprint density at radius 1 is 0.667 bits per heavy atom. The number of hydrogen-bond acceptors (Lipinski definition) is 0. The molecule has 0 radical (unpaired) electrons. The van der Waals surface area contributed by atoms with E-state index in [-0.39, 0.29) is 17.0 Å². The van der Waals surface area contributed by atoms with Crippen LogP contribution in [-0.4, -0.2) is 22.6 Å². The maximum absolute atomic E-state index is 2.50. The highest BCUT2D eigenvalue weighted by Crippen LogP contribution is 2.77. The summed E-state index contributed by atoms with van der Waals surface area (Å²) in [4.78, 5) is 0. The molecule has 0 aliphatic rings. The highest BCUT2D eigenvalue weighted by Gasteiger charge is 2.55. The standard InChI is InChI=1S/C16H36P.BrH/c1-9-11-13-17(14-12-10-2,15(3,4)5)16(6,7)8;/h9-14H2,1-8H3;1H/q+1;/p-1. The molecule has 0 spiro atoms. The van der Waals surface area contributed by atoms with Gasteiger partial charge in [0.1, 0.15) is 0 Å². The first-order valence-electron chi connectivity index (χ1n) is 7.49. The molecule has 0 aliphatic heterocycles. The number of halogens is 1. The molecule has 0 saturated heterocycles. The molecule has 2 heteroatoms. The van der Waals surface area contributed by atoms with Crippen molar-refractivity contribution >= 4 is 7.26 Å². The normalized spacial score (nSPS) is 13.3. The van der Waals surface area contributed by atoms with E-state index in [1.807, 2.05) is 0 Å². The second-order valence-corrected chi connectivity index (χ2v) is 13.0. The predicted molar refractivity (Wildman–Crippen MR) is 86.0 cm³/mol. The fourth-order valence-electron chi connectivity index (χ4n) is 3.32. The summed E-state index contributed by atoms with van der Waals surface area (Å²) in [6.07, 6.45) is 8.53. The van der Waals surface area contributed by atoms with Gasteiger partial charge in [-0.25, -0.2) is 0 Å². The molecule has 0 bridgehead atoms. The highest BCUT2D eigenvalue weighted by atomic mass is 79.9. The largest absolute Gasteiger partial charge is 1.00 e. The van der Waals surface area contributed by atoms with Gasteiger partial charge in [0, 0.05) is 7.26 Å². The second kappa shape index (κ2) is 8.25. The zero-order valence-corrected chi connectivity index (χ0v) is 16.5. The Hall–Kier alpha value is 0.910. The summed E-state index contributed by atoms with van der Waals surface area (Å²) in [6.45, 7) is 19.7. The molecule has 0 aliphatic carbocycles. The molecule has 0 rings (SSSR count). The van der Waals surface area contributed by atoms with E-state index >= 15 is 0 Å². The average Bonchev–Trinajstić information content (AvgIpc) is 2.14. The van der Waals surface area contributed by atoms with E-state index in [1.54, 1.807) is 0 Å². The van der Waals surface area contributed by atoms with E-state index in [0.29, 0.717) is 10.3 Å². The van der Waals surface area contributed by atoms with Crippen molar-refractivity contribution in [1.82, 2.24) is 0 Å². The van der Waals surface area contributed by atoms with Gasteiger partial charge in [-0.3, -0.25) is 0 Å². The molecular formula is C16H36BrP. The smallest absolute Gasteiger partial charge is 0.0720 e. The Morgan fingerprint density at radius 2 is 0.944 bits per heavy atom. The lowest BCUT2D eigenvalue weighted by Crippen LogP contribution is -3.00. The van der Waals surface area contributed by atoms with E-state index in [0.717, 1.165) is 0 Å². The van der Waals surface area contributed by atoms with Crippen molar-refractivity contribution in [3.05, 3.63) is 0 Å². The summed E-state index contributed by atoms with van der Waals surface area (Å²) in [7, 11) is -0.897. The Bertz CT molecular complexity index is 186. The second-order valence-electron chi connectivity index (χ2n) is 7.46. The van der Waals surface area contributed by atoms with Crippen LogP contribution >= 0.6 is 7.26 Å². The van der Waals surface area contributed by atoms with Crippen LogP contribution in [0.5, 0.6) is 0 Å². The molecule has 112 valence electrons. The fraction of sp³-hybridized carbons (Fsp3) is 1.00. The van der Waals surface area contributed by atoms with Crippen LogP contribution in [0.15, 0.2) is 0 Å². The van der Waals surface area contributed by atoms with Gasteiger partial charge >= 0.3 is 0 Å². The summed E-state index contributed by atoms with van der Waals surface area (Å²) >= 11 is 0. The zero-order valence-electron chi connectivity index (χ0n) is 14.1. The first-order valence-corrected chi connectivity index (χ1v) is 9.65. The average molecular weight is 339 g/mol. The molecule has 0 atom stereocenters. The molecule has 0 aromatic rings. The summed E-state index contributed by atoms with van der Waals surface area (Å²) in [5, 5.41) is 1.02. The molecule has 0 fully saturated rings. The quantitative estimate of drug-likeness (QED) is 0.652. The van der Waals surface area contributed by atoms with Crippen LogP contribution in [-0.2, 0) is 0 Å². The van der Waals surface area contributed by atoms with Gasteiger partial charge in [0.2, 0.25) is 0 Å². The van der Waals surface area contributed by atoms with Gasteiger partial charge in [-0.15, -0.1) is 0 Å². The molecule has 0 aromatic heterocycles. The van der Waals surface area contributed by atoms with Crippen molar-refractivity contribution in [2.45, 2.75) is 91.4 Å². The zero-order chi connectivity index (χ0) is 13.7. The van der Waals surface area contributed by atoms with Crippen molar-refractivity contribution in [3.63, 3.8) is 0 Å². The van der Waals surface area contributed by atoms with Gasteiger partial charge in [-0.1, -0.05) is 26.7 Å². The van der Waals surface area contributed by atoms with E-state index in [4.69, 9.17) is 0 Å². The van der Waals surface area contributed by atoms with Gasteiger partial charge in [-0.05, 0) is 54.4 Å². The topological polar surface area (TPSA) is 0 Å². The summed E-state index contributed by atoms with van der Waals surface area (Å²) in [5.74, 6) is 0. The minimum Gasteiger partial charge on any atom is -1.00 e. The third kappa shape index (κ3) is 5.12. The van der Waals surface area contributed by atoms with E-state index < -0.39 is 7.26 Å². The van der Waals surface area contributed by atoms with Crippen LogP contribution < -0.4 is 17.0 Å². The van der Waals surface area contributed by atoms with Crippen LogP contribution in [0, 0.1) is 0 Å². The van der Waals surface area contributed by atoms with Crippen LogP contribution in [0.3, 0.4) is 0 Å². The number of hydrogen-bond donors (Lipinski definition) is 0. The maximum atomic E-state index is 2.50. The maximum Gasteiger partial charge on any atom is 0.0720 e. The van der Waals surface area contributed by atoms with Gasteiger partial charge in [0.05, 0.1) is 22.6 Å². The first kappa shape index (κ1) is 21.2. The molecule has 0 saturated carbocycles. The SMILES string of the molecule is CCCC[P+](CCCC)(C(C)(C)C)C(C)(C)C.[Br-]. The Morgan fingerprint density at radius 3 is 1.11 bits per heavy atom. The Kier molecular flexibility index (Phi) is 9.73. The lowest BCUT2D eigenvalue weighted by molar-refractivity contribution is -0.00000455. The third-order valence-electron chi connectivity index (χ3n) is 4.35. The van der Waals surface area contributed by atoms with E-state index in [2.05, 4.69) is 55.4 Å².